The highest BCUT2D eigenvalue weighted by Crippen LogP contribution is 2.33. The van der Waals surface area contributed by atoms with Gasteiger partial charge in [-0.3, -0.25) is 4.79 Å². The number of hydrogen-bond acceptors (Lipinski definition) is 3. The average Bonchev–Trinajstić information content (AvgIpc) is 2.87. The normalized spacial score (nSPS) is 18.8. The predicted octanol–water partition coefficient (Wildman–Crippen LogP) is 2.94. The molecule has 0 spiro atoms. The van der Waals surface area contributed by atoms with Crippen molar-refractivity contribution in [2.75, 3.05) is 12.4 Å². The lowest BCUT2D eigenvalue weighted by Crippen LogP contribution is -2.39. The SMILES string of the molecule is CN1C(=O)c2ccccc2N[C@@H]1c1cccs1. The van der Waals surface area contributed by atoms with Crippen molar-refractivity contribution in [1.29, 1.82) is 0 Å². The first-order chi connectivity index (χ1) is 8.27. The lowest BCUT2D eigenvalue weighted by atomic mass is 10.1. The molecule has 17 heavy (non-hydrogen) atoms. The summed E-state index contributed by atoms with van der Waals surface area (Å²) in [6.07, 6.45) is -0.0580. The van der Waals surface area contributed by atoms with Crippen LogP contribution in [0.25, 0.3) is 0 Å². The Morgan fingerprint density at radius 2 is 2.06 bits per heavy atom. The zero-order chi connectivity index (χ0) is 11.8. The van der Waals surface area contributed by atoms with Crippen molar-refractivity contribution in [3.8, 4) is 0 Å². The molecule has 3 nitrogen and oxygen atoms in total. The number of fused-ring (bicyclic) bond motifs is 1. The standard InChI is InChI=1S/C13H12N2OS/c1-15-12(11-7-4-8-17-11)14-10-6-3-2-5-9(10)13(15)16/h2-8,12,14H,1H3/t12-/m0/s1. The first-order valence-electron chi connectivity index (χ1n) is 5.43. The van der Waals surface area contributed by atoms with Crippen molar-refractivity contribution in [1.82, 2.24) is 4.90 Å². The van der Waals surface area contributed by atoms with Crippen LogP contribution in [0, 0.1) is 0 Å². The summed E-state index contributed by atoms with van der Waals surface area (Å²) < 4.78 is 0. The van der Waals surface area contributed by atoms with Gasteiger partial charge >= 0.3 is 0 Å². The molecule has 1 aromatic carbocycles. The van der Waals surface area contributed by atoms with Gasteiger partial charge in [-0.2, -0.15) is 0 Å². The fraction of sp³-hybridized carbons (Fsp3) is 0.154. The minimum absolute atomic E-state index is 0.0580. The molecule has 1 amide bonds. The van der Waals surface area contributed by atoms with Gasteiger partial charge in [0.25, 0.3) is 5.91 Å². The van der Waals surface area contributed by atoms with E-state index >= 15 is 0 Å². The number of benzene rings is 1. The maximum absolute atomic E-state index is 12.2. The molecular weight excluding hydrogens is 232 g/mol. The van der Waals surface area contributed by atoms with Gasteiger partial charge in [-0.25, -0.2) is 0 Å². The largest absolute Gasteiger partial charge is 0.360 e. The molecule has 1 aromatic heterocycles. The second-order valence-corrected chi connectivity index (χ2v) is 5.00. The topological polar surface area (TPSA) is 32.3 Å². The summed E-state index contributed by atoms with van der Waals surface area (Å²) in [6.45, 7) is 0. The number of carbonyl (C=O) groups is 1. The molecule has 0 saturated carbocycles. The maximum Gasteiger partial charge on any atom is 0.257 e. The number of nitrogens with one attached hydrogen (secondary N) is 1. The Balaban J connectivity index is 2.05. The maximum atomic E-state index is 12.2. The molecule has 2 aromatic rings. The molecule has 86 valence electrons. The number of anilines is 1. The molecule has 1 aliphatic rings. The zero-order valence-electron chi connectivity index (χ0n) is 9.38. The Bertz CT molecular complexity index is 550. The van der Waals surface area contributed by atoms with E-state index in [9.17, 15) is 4.79 Å². The van der Waals surface area contributed by atoms with E-state index in [1.165, 1.54) is 0 Å². The smallest absolute Gasteiger partial charge is 0.257 e. The van der Waals surface area contributed by atoms with Crippen LogP contribution in [-0.4, -0.2) is 17.9 Å². The average molecular weight is 244 g/mol. The lowest BCUT2D eigenvalue weighted by molar-refractivity contribution is 0.0738. The monoisotopic (exact) mass is 244 g/mol. The Kier molecular flexibility index (Phi) is 2.37. The van der Waals surface area contributed by atoms with Gasteiger partial charge in [0.2, 0.25) is 0 Å². The van der Waals surface area contributed by atoms with E-state index < -0.39 is 0 Å². The third-order valence-electron chi connectivity index (χ3n) is 2.97. The van der Waals surface area contributed by atoms with E-state index in [2.05, 4.69) is 5.32 Å². The highest BCUT2D eigenvalue weighted by atomic mass is 32.1. The van der Waals surface area contributed by atoms with Crippen LogP contribution in [-0.2, 0) is 0 Å². The van der Waals surface area contributed by atoms with Gasteiger partial charge in [0.05, 0.1) is 5.56 Å². The molecule has 0 saturated heterocycles. The van der Waals surface area contributed by atoms with Gasteiger partial charge in [0, 0.05) is 17.6 Å². The van der Waals surface area contributed by atoms with E-state index in [0.717, 1.165) is 16.1 Å². The molecule has 0 bridgehead atoms. The predicted molar refractivity (Wildman–Crippen MR) is 69.2 cm³/mol. The molecule has 4 heteroatoms. The number of para-hydroxylation sites is 1. The molecule has 1 aliphatic heterocycles. The summed E-state index contributed by atoms with van der Waals surface area (Å²) in [5.41, 5.74) is 1.65. The van der Waals surface area contributed by atoms with Crippen molar-refractivity contribution >= 4 is 22.9 Å². The minimum atomic E-state index is -0.0580. The van der Waals surface area contributed by atoms with Gasteiger partial charge in [0.15, 0.2) is 0 Å². The highest BCUT2D eigenvalue weighted by molar-refractivity contribution is 7.10. The van der Waals surface area contributed by atoms with Crippen molar-refractivity contribution in [2.24, 2.45) is 0 Å². The summed E-state index contributed by atoms with van der Waals surface area (Å²) in [4.78, 5) is 15.1. The van der Waals surface area contributed by atoms with Crippen LogP contribution in [0.2, 0.25) is 0 Å². The summed E-state index contributed by atoms with van der Waals surface area (Å²) in [5, 5.41) is 5.42. The zero-order valence-corrected chi connectivity index (χ0v) is 10.2. The number of rotatable bonds is 1. The van der Waals surface area contributed by atoms with Gasteiger partial charge < -0.3 is 10.2 Å². The number of carbonyl (C=O) groups excluding carboxylic acids is 1. The summed E-state index contributed by atoms with van der Waals surface area (Å²) in [7, 11) is 1.83. The van der Waals surface area contributed by atoms with E-state index in [1.54, 1.807) is 16.2 Å². The van der Waals surface area contributed by atoms with E-state index in [-0.39, 0.29) is 12.1 Å². The third kappa shape index (κ3) is 1.61. The summed E-state index contributed by atoms with van der Waals surface area (Å²) >= 11 is 1.65. The summed E-state index contributed by atoms with van der Waals surface area (Å²) in [6, 6.07) is 11.7. The Morgan fingerprint density at radius 3 is 2.82 bits per heavy atom. The van der Waals surface area contributed by atoms with E-state index in [0.29, 0.717) is 0 Å². The number of hydrogen-bond donors (Lipinski definition) is 1. The third-order valence-corrected chi connectivity index (χ3v) is 3.89. The van der Waals surface area contributed by atoms with E-state index in [4.69, 9.17) is 0 Å². The van der Waals surface area contributed by atoms with Crippen LogP contribution in [0.5, 0.6) is 0 Å². The van der Waals surface area contributed by atoms with Crippen molar-refractivity contribution in [3.05, 3.63) is 52.2 Å². The van der Waals surface area contributed by atoms with Crippen molar-refractivity contribution < 1.29 is 4.79 Å². The van der Waals surface area contributed by atoms with Gasteiger partial charge in [-0.15, -0.1) is 11.3 Å². The Labute approximate surface area is 104 Å². The molecule has 0 fully saturated rings. The lowest BCUT2D eigenvalue weighted by Gasteiger charge is -2.34. The molecule has 0 radical (unpaired) electrons. The van der Waals surface area contributed by atoms with Crippen LogP contribution in [0.1, 0.15) is 21.4 Å². The van der Waals surface area contributed by atoms with Gasteiger partial charge in [-0.05, 0) is 23.6 Å². The number of thiophene rings is 1. The Morgan fingerprint density at radius 1 is 1.24 bits per heavy atom. The second kappa shape index (κ2) is 3.89. The fourth-order valence-electron chi connectivity index (χ4n) is 2.06. The van der Waals surface area contributed by atoms with Crippen LogP contribution >= 0.6 is 11.3 Å². The van der Waals surface area contributed by atoms with Crippen LogP contribution in [0.3, 0.4) is 0 Å². The fourth-order valence-corrected chi connectivity index (χ4v) is 2.87. The second-order valence-electron chi connectivity index (χ2n) is 4.02. The first kappa shape index (κ1) is 10.4. The van der Waals surface area contributed by atoms with Crippen molar-refractivity contribution in [2.45, 2.75) is 6.17 Å². The highest BCUT2D eigenvalue weighted by Gasteiger charge is 2.30. The molecule has 0 aliphatic carbocycles. The molecular formula is C13H12N2OS. The van der Waals surface area contributed by atoms with Crippen molar-refractivity contribution in [3.63, 3.8) is 0 Å². The quantitative estimate of drug-likeness (QED) is 0.836. The number of amides is 1. The molecule has 2 heterocycles. The molecule has 3 rings (SSSR count). The molecule has 1 N–H and O–H groups in total. The van der Waals surface area contributed by atoms with Crippen LogP contribution < -0.4 is 5.32 Å². The van der Waals surface area contributed by atoms with Crippen LogP contribution in [0.4, 0.5) is 5.69 Å². The van der Waals surface area contributed by atoms with Crippen LogP contribution in [0.15, 0.2) is 41.8 Å². The molecule has 0 unspecified atom stereocenters. The van der Waals surface area contributed by atoms with Gasteiger partial charge in [0.1, 0.15) is 6.17 Å². The van der Waals surface area contributed by atoms with E-state index in [1.807, 2.05) is 48.8 Å². The minimum Gasteiger partial charge on any atom is -0.360 e. The first-order valence-corrected chi connectivity index (χ1v) is 6.31. The summed E-state index contributed by atoms with van der Waals surface area (Å²) in [5.74, 6) is 0.0674. The Hall–Kier alpha value is -1.81. The molecule has 1 atom stereocenters. The van der Waals surface area contributed by atoms with Gasteiger partial charge in [-0.1, -0.05) is 18.2 Å². The number of nitrogens with zero attached hydrogens (tertiary/aromatic N) is 1.